The first-order valence-electron chi connectivity index (χ1n) is 6.20. The number of carbonyl (C=O) groups excluding carboxylic acids is 1. The molecule has 0 saturated heterocycles. The Hall–Kier alpha value is -1.52. The fourth-order valence-electron chi connectivity index (χ4n) is 2.62. The third kappa shape index (κ3) is 2.60. The predicted octanol–water partition coefficient (Wildman–Crippen LogP) is 1.39. The van der Waals surface area contributed by atoms with Gasteiger partial charge in [-0.1, -0.05) is 26.2 Å². The van der Waals surface area contributed by atoms with Crippen molar-refractivity contribution < 1.29 is 4.79 Å². The van der Waals surface area contributed by atoms with E-state index in [-0.39, 0.29) is 5.82 Å². The first kappa shape index (κ1) is 12.0. The molecule has 1 amide bonds. The highest BCUT2D eigenvalue weighted by atomic mass is 16.1. The van der Waals surface area contributed by atoms with E-state index in [1.165, 1.54) is 25.7 Å². The average Bonchev–Trinajstić information content (AvgIpc) is 2.63. The number of amides is 1. The maximum atomic E-state index is 11.1. The molecular weight excluding hydrogens is 216 g/mol. The normalized spacial score (nSPS) is 24.8. The summed E-state index contributed by atoms with van der Waals surface area (Å²) in [5, 5.41) is 4.15. The van der Waals surface area contributed by atoms with Gasteiger partial charge in [-0.15, -0.1) is 0 Å². The highest BCUT2D eigenvalue weighted by Gasteiger charge is 2.22. The lowest BCUT2D eigenvalue weighted by molar-refractivity contribution is 0.100. The second-order valence-corrected chi connectivity index (χ2v) is 5.04. The van der Waals surface area contributed by atoms with Crippen molar-refractivity contribution in [1.82, 2.24) is 9.78 Å². The lowest BCUT2D eigenvalue weighted by atomic mass is 9.80. The van der Waals surface area contributed by atoms with Crippen molar-refractivity contribution in [2.75, 3.05) is 5.73 Å². The zero-order valence-electron chi connectivity index (χ0n) is 10.2. The van der Waals surface area contributed by atoms with Crippen molar-refractivity contribution >= 4 is 11.7 Å². The fraction of sp³-hybridized carbons (Fsp3) is 0.667. The van der Waals surface area contributed by atoms with Gasteiger partial charge in [0.1, 0.15) is 5.56 Å². The lowest BCUT2D eigenvalue weighted by Gasteiger charge is -2.28. The van der Waals surface area contributed by atoms with Crippen LogP contribution in [-0.4, -0.2) is 15.7 Å². The van der Waals surface area contributed by atoms with Crippen molar-refractivity contribution in [3.05, 3.63) is 11.8 Å². The Kier molecular flexibility index (Phi) is 3.36. The average molecular weight is 236 g/mol. The van der Waals surface area contributed by atoms with Crippen molar-refractivity contribution in [2.45, 2.75) is 39.2 Å². The van der Waals surface area contributed by atoms with E-state index < -0.39 is 5.91 Å². The molecule has 1 heterocycles. The number of rotatable bonds is 3. The number of hydrogen-bond acceptors (Lipinski definition) is 3. The van der Waals surface area contributed by atoms with Gasteiger partial charge in [0.25, 0.3) is 5.91 Å². The topological polar surface area (TPSA) is 86.9 Å². The van der Waals surface area contributed by atoms with Crippen molar-refractivity contribution in [3.8, 4) is 0 Å². The number of nitrogens with zero attached hydrogens (tertiary/aromatic N) is 2. The Bertz CT molecular complexity index is 413. The highest BCUT2D eigenvalue weighted by Crippen LogP contribution is 2.30. The van der Waals surface area contributed by atoms with Crippen LogP contribution in [0.2, 0.25) is 0 Å². The third-order valence-corrected chi connectivity index (χ3v) is 3.77. The SMILES string of the molecule is C[C@@H]1CCCCC1Cn1cc(C(N)=O)c(N)n1. The van der Waals surface area contributed by atoms with Gasteiger partial charge in [-0.3, -0.25) is 9.48 Å². The van der Waals surface area contributed by atoms with E-state index in [1.807, 2.05) is 0 Å². The van der Waals surface area contributed by atoms with Crippen LogP contribution in [0, 0.1) is 11.8 Å². The molecule has 0 radical (unpaired) electrons. The molecule has 2 atom stereocenters. The summed E-state index contributed by atoms with van der Waals surface area (Å²) in [5.74, 6) is 1.07. The Morgan fingerprint density at radius 1 is 1.53 bits per heavy atom. The molecule has 1 aromatic heterocycles. The number of nitrogens with two attached hydrogens (primary N) is 2. The lowest BCUT2D eigenvalue weighted by Crippen LogP contribution is -2.22. The van der Waals surface area contributed by atoms with Crippen LogP contribution in [0.15, 0.2) is 6.20 Å². The van der Waals surface area contributed by atoms with Gasteiger partial charge in [-0.2, -0.15) is 5.10 Å². The summed E-state index contributed by atoms with van der Waals surface area (Å²) >= 11 is 0. The molecule has 94 valence electrons. The first-order chi connectivity index (χ1) is 8.08. The van der Waals surface area contributed by atoms with Gasteiger partial charge in [0.2, 0.25) is 0 Å². The predicted molar refractivity (Wildman–Crippen MR) is 66.3 cm³/mol. The van der Waals surface area contributed by atoms with Crippen molar-refractivity contribution in [1.29, 1.82) is 0 Å². The van der Waals surface area contributed by atoms with Crippen LogP contribution in [0.4, 0.5) is 5.82 Å². The molecule has 1 aromatic rings. The first-order valence-corrected chi connectivity index (χ1v) is 6.20. The summed E-state index contributed by atoms with van der Waals surface area (Å²) < 4.78 is 1.77. The van der Waals surface area contributed by atoms with Crippen LogP contribution < -0.4 is 11.5 Å². The second-order valence-electron chi connectivity index (χ2n) is 5.04. The van der Waals surface area contributed by atoms with Crippen molar-refractivity contribution in [2.24, 2.45) is 17.6 Å². The summed E-state index contributed by atoms with van der Waals surface area (Å²) in [6.07, 6.45) is 6.79. The molecule has 5 nitrogen and oxygen atoms in total. The molecule has 0 bridgehead atoms. The van der Waals surface area contributed by atoms with Crippen molar-refractivity contribution in [3.63, 3.8) is 0 Å². The van der Waals surface area contributed by atoms with Crippen LogP contribution in [0.3, 0.4) is 0 Å². The molecule has 1 unspecified atom stereocenters. The van der Waals surface area contributed by atoms with Gasteiger partial charge >= 0.3 is 0 Å². The molecule has 1 aliphatic carbocycles. The zero-order chi connectivity index (χ0) is 12.4. The van der Waals surface area contributed by atoms with Crippen LogP contribution >= 0.6 is 0 Å². The number of nitrogen functional groups attached to an aromatic ring is 1. The van der Waals surface area contributed by atoms with Gasteiger partial charge in [0.05, 0.1) is 0 Å². The molecular formula is C12H20N4O. The molecule has 0 aliphatic heterocycles. The van der Waals surface area contributed by atoms with Gasteiger partial charge in [-0.05, 0) is 18.3 Å². The maximum Gasteiger partial charge on any atom is 0.254 e. The largest absolute Gasteiger partial charge is 0.382 e. The standard InChI is InChI=1S/C12H20N4O/c1-8-4-2-3-5-9(8)6-16-7-10(12(14)17)11(13)15-16/h7-9H,2-6H2,1H3,(H2,13,15)(H2,14,17)/t8-,9?/m1/s1. The van der Waals surface area contributed by atoms with Gasteiger partial charge in [0, 0.05) is 12.7 Å². The van der Waals surface area contributed by atoms with Gasteiger partial charge in [-0.25, -0.2) is 0 Å². The molecule has 2 rings (SSSR count). The Balaban J connectivity index is 2.07. The molecule has 1 fully saturated rings. The minimum absolute atomic E-state index is 0.237. The third-order valence-electron chi connectivity index (χ3n) is 3.77. The fourth-order valence-corrected chi connectivity index (χ4v) is 2.62. The van der Waals surface area contributed by atoms with Crippen LogP contribution in [0.25, 0.3) is 0 Å². The molecule has 5 heteroatoms. The number of aromatic nitrogens is 2. The monoisotopic (exact) mass is 236 g/mol. The van der Waals surface area contributed by atoms with Gasteiger partial charge < -0.3 is 11.5 Å². The zero-order valence-corrected chi connectivity index (χ0v) is 10.2. The number of primary amides is 1. The Morgan fingerprint density at radius 2 is 2.24 bits per heavy atom. The molecule has 4 N–H and O–H groups in total. The van der Waals surface area contributed by atoms with E-state index in [2.05, 4.69) is 12.0 Å². The smallest absolute Gasteiger partial charge is 0.254 e. The van der Waals surface area contributed by atoms with Crippen LogP contribution in [0.1, 0.15) is 43.0 Å². The Labute approximate surface area is 101 Å². The molecule has 1 saturated carbocycles. The van der Waals surface area contributed by atoms with Gasteiger partial charge in [0.15, 0.2) is 5.82 Å². The van der Waals surface area contributed by atoms with Crippen LogP contribution in [-0.2, 0) is 6.54 Å². The summed E-state index contributed by atoms with van der Waals surface area (Å²) in [7, 11) is 0. The van der Waals surface area contributed by atoms with Crippen LogP contribution in [0.5, 0.6) is 0 Å². The summed E-state index contributed by atoms with van der Waals surface area (Å²) in [4.78, 5) is 11.1. The summed E-state index contributed by atoms with van der Waals surface area (Å²) in [6, 6.07) is 0. The number of carbonyl (C=O) groups is 1. The van der Waals surface area contributed by atoms with E-state index >= 15 is 0 Å². The molecule has 0 aromatic carbocycles. The summed E-state index contributed by atoms with van der Waals surface area (Å²) in [6.45, 7) is 3.12. The van der Waals surface area contributed by atoms with E-state index in [1.54, 1.807) is 10.9 Å². The second kappa shape index (κ2) is 4.77. The Morgan fingerprint density at radius 3 is 2.82 bits per heavy atom. The maximum absolute atomic E-state index is 11.1. The minimum Gasteiger partial charge on any atom is -0.382 e. The molecule has 17 heavy (non-hydrogen) atoms. The minimum atomic E-state index is -0.509. The number of anilines is 1. The molecule has 1 aliphatic rings. The quantitative estimate of drug-likeness (QED) is 0.831. The summed E-state index contributed by atoms with van der Waals surface area (Å²) in [5.41, 5.74) is 11.2. The molecule has 0 spiro atoms. The highest BCUT2D eigenvalue weighted by molar-refractivity contribution is 5.96. The van der Waals surface area contributed by atoms with E-state index in [4.69, 9.17) is 11.5 Å². The van der Waals surface area contributed by atoms with E-state index in [9.17, 15) is 4.79 Å². The number of hydrogen-bond donors (Lipinski definition) is 2. The van der Waals surface area contributed by atoms with E-state index in [0.29, 0.717) is 17.4 Å². The van der Waals surface area contributed by atoms with E-state index in [0.717, 1.165) is 6.54 Å².